The van der Waals surface area contributed by atoms with E-state index in [9.17, 15) is 9.59 Å². The second kappa shape index (κ2) is 8.00. The predicted molar refractivity (Wildman–Crippen MR) is 83.4 cm³/mol. The van der Waals surface area contributed by atoms with E-state index in [-0.39, 0.29) is 18.4 Å². The number of amides is 1. The second-order valence-corrected chi connectivity index (χ2v) is 5.36. The second-order valence-electron chi connectivity index (χ2n) is 4.96. The lowest BCUT2D eigenvalue weighted by Crippen LogP contribution is -2.52. The molecule has 0 heterocycles. The van der Waals surface area contributed by atoms with Crippen molar-refractivity contribution in [2.24, 2.45) is 0 Å². The van der Waals surface area contributed by atoms with Crippen LogP contribution in [-0.4, -0.2) is 31.1 Å². The van der Waals surface area contributed by atoms with Gasteiger partial charge in [-0.15, -0.1) is 0 Å². The first kappa shape index (κ1) is 17.5. The van der Waals surface area contributed by atoms with Gasteiger partial charge in [0.05, 0.1) is 24.4 Å². The maximum atomic E-state index is 11.9. The molecule has 6 heteroatoms. The Labute approximate surface area is 130 Å². The van der Waals surface area contributed by atoms with Gasteiger partial charge in [-0.1, -0.05) is 37.1 Å². The minimum atomic E-state index is -0.874. The van der Waals surface area contributed by atoms with Crippen LogP contribution in [0.2, 0.25) is 5.02 Å². The number of methoxy groups -OCH3 is 1. The van der Waals surface area contributed by atoms with Crippen LogP contribution in [0.1, 0.15) is 26.7 Å². The van der Waals surface area contributed by atoms with Crippen molar-refractivity contribution in [2.75, 3.05) is 19.0 Å². The molecule has 1 aromatic carbocycles. The maximum absolute atomic E-state index is 11.9. The molecule has 1 amide bonds. The van der Waals surface area contributed by atoms with Gasteiger partial charge in [-0.25, -0.2) is 0 Å². The Balaban J connectivity index is 2.62. The minimum Gasteiger partial charge on any atom is -0.468 e. The summed E-state index contributed by atoms with van der Waals surface area (Å²) in [4.78, 5) is 23.8. The molecule has 0 bridgehead atoms. The van der Waals surface area contributed by atoms with Crippen molar-refractivity contribution < 1.29 is 14.3 Å². The molecule has 0 aliphatic rings. The molecule has 0 saturated heterocycles. The normalized spacial score (nSPS) is 13.3. The fourth-order valence-corrected chi connectivity index (χ4v) is 2.20. The average Bonchev–Trinajstić information content (AvgIpc) is 2.47. The Hall–Kier alpha value is -1.59. The molecule has 0 fully saturated rings. The summed E-state index contributed by atoms with van der Waals surface area (Å²) in [5.41, 5.74) is -0.331. The Morgan fingerprint density at radius 3 is 2.57 bits per heavy atom. The standard InChI is InChI=1S/C15H21ClN2O3/c1-4-9-15(2,14(20)21-3)17-10-13(19)18-12-8-6-5-7-11(12)16/h5-8,17H,4,9-10H2,1-3H3,(H,18,19). The van der Waals surface area contributed by atoms with E-state index < -0.39 is 5.54 Å². The van der Waals surface area contributed by atoms with Crippen molar-refractivity contribution in [2.45, 2.75) is 32.2 Å². The number of rotatable bonds is 7. The van der Waals surface area contributed by atoms with Gasteiger partial charge in [0, 0.05) is 0 Å². The first-order valence-electron chi connectivity index (χ1n) is 6.80. The number of hydrogen-bond donors (Lipinski definition) is 2. The van der Waals surface area contributed by atoms with Crippen molar-refractivity contribution in [3.8, 4) is 0 Å². The smallest absolute Gasteiger partial charge is 0.325 e. The third-order valence-corrected chi connectivity index (χ3v) is 3.50. The van der Waals surface area contributed by atoms with E-state index in [1.165, 1.54) is 7.11 Å². The van der Waals surface area contributed by atoms with E-state index in [0.29, 0.717) is 17.1 Å². The van der Waals surface area contributed by atoms with Crippen LogP contribution in [0.4, 0.5) is 5.69 Å². The molecule has 0 aliphatic carbocycles. The molecule has 0 spiro atoms. The molecule has 0 aliphatic heterocycles. The summed E-state index contributed by atoms with van der Waals surface area (Å²) >= 11 is 5.97. The van der Waals surface area contributed by atoms with Gasteiger partial charge in [-0.3, -0.25) is 14.9 Å². The lowest BCUT2D eigenvalue weighted by atomic mass is 9.96. The number of benzene rings is 1. The van der Waals surface area contributed by atoms with Crippen LogP contribution in [0, 0.1) is 0 Å². The number of para-hydroxylation sites is 1. The molecule has 116 valence electrons. The number of hydrogen-bond acceptors (Lipinski definition) is 4. The van der Waals surface area contributed by atoms with Crippen LogP contribution in [0.3, 0.4) is 0 Å². The number of ether oxygens (including phenoxy) is 1. The number of carbonyl (C=O) groups excluding carboxylic acids is 2. The number of anilines is 1. The van der Waals surface area contributed by atoms with Gasteiger partial charge in [0.2, 0.25) is 5.91 Å². The number of esters is 1. The number of carbonyl (C=O) groups is 2. The van der Waals surface area contributed by atoms with Gasteiger partial charge in [0.15, 0.2) is 0 Å². The Kier molecular flexibility index (Phi) is 6.65. The van der Waals surface area contributed by atoms with E-state index in [4.69, 9.17) is 16.3 Å². The molecule has 1 unspecified atom stereocenters. The van der Waals surface area contributed by atoms with E-state index in [0.717, 1.165) is 6.42 Å². The van der Waals surface area contributed by atoms with Gasteiger partial charge in [-0.2, -0.15) is 0 Å². The molecule has 0 saturated carbocycles. The summed E-state index contributed by atoms with van der Waals surface area (Å²) in [5.74, 6) is -0.649. The lowest BCUT2D eigenvalue weighted by Gasteiger charge is -2.27. The zero-order valence-corrected chi connectivity index (χ0v) is 13.3. The Bertz CT molecular complexity index is 507. The summed E-state index contributed by atoms with van der Waals surface area (Å²) in [6.45, 7) is 3.69. The Morgan fingerprint density at radius 2 is 2.00 bits per heavy atom. The van der Waals surface area contributed by atoms with Gasteiger partial charge in [0.1, 0.15) is 5.54 Å². The molecule has 21 heavy (non-hydrogen) atoms. The van der Waals surface area contributed by atoms with Crippen LogP contribution in [0.5, 0.6) is 0 Å². The van der Waals surface area contributed by atoms with E-state index in [1.54, 1.807) is 31.2 Å². The molecule has 1 rings (SSSR count). The summed E-state index contributed by atoms with van der Waals surface area (Å²) in [7, 11) is 1.34. The summed E-state index contributed by atoms with van der Waals surface area (Å²) < 4.78 is 4.78. The fourth-order valence-electron chi connectivity index (χ4n) is 2.02. The van der Waals surface area contributed by atoms with Crippen molar-refractivity contribution in [3.63, 3.8) is 0 Å². The zero-order chi connectivity index (χ0) is 15.9. The lowest BCUT2D eigenvalue weighted by molar-refractivity contribution is -0.148. The molecular weight excluding hydrogens is 292 g/mol. The van der Waals surface area contributed by atoms with Gasteiger partial charge < -0.3 is 10.1 Å². The first-order chi connectivity index (χ1) is 9.92. The van der Waals surface area contributed by atoms with E-state index >= 15 is 0 Å². The van der Waals surface area contributed by atoms with Crippen molar-refractivity contribution in [1.82, 2.24) is 5.32 Å². The van der Waals surface area contributed by atoms with Crippen LogP contribution in [-0.2, 0) is 14.3 Å². The Morgan fingerprint density at radius 1 is 1.33 bits per heavy atom. The summed E-state index contributed by atoms with van der Waals surface area (Å²) in [6, 6.07) is 6.97. The van der Waals surface area contributed by atoms with Gasteiger partial charge in [0.25, 0.3) is 0 Å². The van der Waals surface area contributed by atoms with Crippen molar-refractivity contribution in [3.05, 3.63) is 29.3 Å². The largest absolute Gasteiger partial charge is 0.468 e. The number of nitrogens with one attached hydrogen (secondary N) is 2. The molecule has 0 aromatic heterocycles. The molecule has 0 radical (unpaired) electrons. The van der Waals surface area contributed by atoms with Crippen LogP contribution >= 0.6 is 11.6 Å². The summed E-state index contributed by atoms with van der Waals surface area (Å²) in [6.07, 6.45) is 1.38. The SMILES string of the molecule is CCCC(C)(NCC(=O)Nc1ccccc1Cl)C(=O)OC. The van der Waals surface area contributed by atoms with Gasteiger partial charge in [-0.05, 0) is 25.5 Å². The highest BCUT2D eigenvalue weighted by molar-refractivity contribution is 6.33. The van der Waals surface area contributed by atoms with Crippen molar-refractivity contribution >= 4 is 29.2 Å². The monoisotopic (exact) mass is 312 g/mol. The van der Waals surface area contributed by atoms with Crippen molar-refractivity contribution in [1.29, 1.82) is 0 Å². The van der Waals surface area contributed by atoms with Gasteiger partial charge >= 0.3 is 5.97 Å². The van der Waals surface area contributed by atoms with Crippen LogP contribution in [0.15, 0.2) is 24.3 Å². The third-order valence-electron chi connectivity index (χ3n) is 3.17. The van der Waals surface area contributed by atoms with E-state index in [2.05, 4.69) is 10.6 Å². The zero-order valence-electron chi connectivity index (χ0n) is 12.5. The molecule has 1 atom stereocenters. The minimum absolute atomic E-state index is 0.00315. The average molecular weight is 313 g/mol. The quantitative estimate of drug-likeness (QED) is 0.759. The van der Waals surface area contributed by atoms with E-state index in [1.807, 2.05) is 6.92 Å². The molecule has 5 nitrogen and oxygen atoms in total. The molecule has 1 aromatic rings. The predicted octanol–water partition coefficient (Wildman–Crippen LogP) is 2.60. The highest BCUT2D eigenvalue weighted by atomic mass is 35.5. The number of halogens is 1. The fraction of sp³-hybridized carbons (Fsp3) is 0.467. The topological polar surface area (TPSA) is 67.4 Å². The molecular formula is C15H21ClN2O3. The highest BCUT2D eigenvalue weighted by Crippen LogP contribution is 2.20. The highest BCUT2D eigenvalue weighted by Gasteiger charge is 2.33. The van der Waals surface area contributed by atoms with Crippen LogP contribution in [0.25, 0.3) is 0 Å². The summed E-state index contributed by atoms with van der Waals surface area (Å²) in [5, 5.41) is 6.12. The van der Waals surface area contributed by atoms with Crippen LogP contribution < -0.4 is 10.6 Å². The first-order valence-corrected chi connectivity index (χ1v) is 7.18. The third kappa shape index (κ3) is 5.02. The maximum Gasteiger partial charge on any atom is 0.325 e. The molecule has 2 N–H and O–H groups in total.